The zero-order valence-corrected chi connectivity index (χ0v) is 9.85. The maximum Gasteiger partial charge on any atom is 0.110 e. The lowest BCUT2D eigenvalue weighted by atomic mass is 9.80. The van der Waals surface area contributed by atoms with Gasteiger partial charge in [0.25, 0.3) is 0 Å². The SMILES string of the molecule is Cc1[nH]c(C2CC(N)C2)nc1-c1ccncc1. The lowest BCUT2D eigenvalue weighted by Crippen LogP contribution is -2.35. The Morgan fingerprint density at radius 1 is 1.29 bits per heavy atom. The quantitative estimate of drug-likeness (QED) is 0.826. The van der Waals surface area contributed by atoms with Gasteiger partial charge < -0.3 is 10.7 Å². The summed E-state index contributed by atoms with van der Waals surface area (Å²) in [5.74, 6) is 1.59. The van der Waals surface area contributed by atoms with Crippen molar-refractivity contribution in [2.24, 2.45) is 5.73 Å². The van der Waals surface area contributed by atoms with Crippen molar-refractivity contribution in [3.05, 3.63) is 36.0 Å². The highest BCUT2D eigenvalue weighted by Crippen LogP contribution is 2.35. The molecule has 0 aliphatic heterocycles. The summed E-state index contributed by atoms with van der Waals surface area (Å²) in [5, 5.41) is 0. The van der Waals surface area contributed by atoms with Crippen LogP contribution in [0.1, 0.15) is 30.3 Å². The Morgan fingerprint density at radius 2 is 2.00 bits per heavy atom. The van der Waals surface area contributed by atoms with E-state index in [1.807, 2.05) is 12.1 Å². The van der Waals surface area contributed by atoms with Gasteiger partial charge in [0.05, 0.1) is 5.69 Å². The fourth-order valence-corrected chi connectivity index (χ4v) is 2.35. The van der Waals surface area contributed by atoms with Crippen LogP contribution in [0.15, 0.2) is 24.5 Å². The number of aromatic amines is 1. The van der Waals surface area contributed by atoms with E-state index in [-0.39, 0.29) is 0 Å². The van der Waals surface area contributed by atoms with Crippen LogP contribution in [-0.2, 0) is 0 Å². The Bertz CT molecular complexity index is 511. The van der Waals surface area contributed by atoms with Gasteiger partial charge in [0.15, 0.2) is 0 Å². The molecule has 1 fully saturated rings. The Hall–Kier alpha value is -1.68. The van der Waals surface area contributed by atoms with E-state index >= 15 is 0 Å². The summed E-state index contributed by atoms with van der Waals surface area (Å²) in [6.45, 7) is 2.06. The van der Waals surface area contributed by atoms with Gasteiger partial charge in [-0.1, -0.05) is 0 Å². The van der Waals surface area contributed by atoms with Gasteiger partial charge in [0.2, 0.25) is 0 Å². The molecule has 1 saturated carbocycles. The summed E-state index contributed by atoms with van der Waals surface area (Å²) < 4.78 is 0. The number of nitrogens with one attached hydrogen (secondary N) is 1. The first-order valence-corrected chi connectivity index (χ1v) is 5.96. The van der Waals surface area contributed by atoms with Crippen LogP contribution < -0.4 is 5.73 Å². The Kier molecular flexibility index (Phi) is 2.44. The lowest BCUT2D eigenvalue weighted by molar-refractivity contribution is 0.340. The second-order valence-corrected chi connectivity index (χ2v) is 4.76. The molecule has 4 nitrogen and oxygen atoms in total. The van der Waals surface area contributed by atoms with Crippen molar-refractivity contribution in [3.8, 4) is 11.3 Å². The largest absolute Gasteiger partial charge is 0.345 e. The average Bonchev–Trinajstić information content (AvgIpc) is 2.68. The minimum absolute atomic E-state index is 0.356. The second-order valence-electron chi connectivity index (χ2n) is 4.76. The van der Waals surface area contributed by atoms with Crippen molar-refractivity contribution in [1.82, 2.24) is 15.0 Å². The van der Waals surface area contributed by atoms with Crippen LogP contribution in [0.2, 0.25) is 0 Å². The fourth-order valence-electron chi connectivity index (χ4n) is 2.35. The average molecular weight is 228 g/mol. The van der Waals surface area contributed by atoms with E-state index in [4.69, 9.17) is 10.7 Å². The minimum Gasteiger partial charge on any atom is -0.345 e. The molecule has 0 amide bonds. The van der Waals surface area contributed by atoms with Crippen LogP contribution in [-0.4, -0.2) is 21.0 Å². The van der Waals surface area contributed by atoms with Gasteiger partial charge in [-0.3, -0.25) is 4.98 Å². The van der Waals surface area contributed by atoms with Crippen LogP contribution in [0.4, 0.5) is 0 Å². The van der Waals surface area contributed by atoms with E-state index in [1.165, 1.54) is 0 Å². The van der Waals surface area contributed by atoms with Gasteiger partial charge in [0, 0.05) is 35.6 Å². The summed E-state index contributed by atoms with van der Waals surface area (Å²) in [5.41, 5.74) is 9.07. The third kappa shape index (κ3) is 1.85. The van der Waals surface area contributed by atoms with E-state index in [0.717, 1.165) is 35.6 Å². The highest BCUT2D eigenvalue weighted by atomic mass is 15.0. The number of pyridine rings is 1. The zero-order valence-electron chi connectivity index (χ0n) is 9.85. The van der Waals surface area contributed by atoms with E-state index in [2.05, 4.69) is 16.9 Å². The molecule has 88 valence electrons. The molecule has 0 bridgehead atoms. The Balaban J connectivity index is 1.91. The molecule has 3 rings (SSSR count). The summed E-state index contributed by atoms with van der Waals surface area (Å²) >= 11 is 0. The molecule has 3 N–H and O–H groups in total. The molecular formula is C13H16N4. The third-order valence-corrected chi connectivity index (χ3v) is 3.42. The summed E-state index contributed by atoms with van der Waals surface area (Å²) in [6, 6.07) is 4.33. The molecule has 0 atom stereocenters. The maximum atomic E-state index is 5.81. The minimum atomic E-state index is 0.356. The highest BCUT2D eigenvalue weighted by Gasteiger charge is 2.30. The molecule has 2 aromatic heterocycles. The van der Waals surface area contributed by atoms with Crippen LogP contribution in [0.25, 0.3) is 11.3 Å². The molecule has 4 heteroatoms. The molecule has 0 spiro atoms. The molecular weight excluding hydrogens is 212 g/mol. The number of aryl methyl sites for hydroxylation is 1. The van der Waals surface area contributed by atoms with Crippen molar-refractivity contribution >= 4 is 0 Å². The zero-order chi connectivity index (χ0) is 11.8. The van der Waals surface area contributed by atoms with Crippen molar-refractivity contribution in [2.45, 2.75) is 31.7 Å². The molecule has 2 aromatic rings. The number of imidazole rings is 1. The van der Waals surface area contributed by atoms with Crippen molar-refractivity contribution < 1.29 is 0 Å². The van der Waals surface area contributed by atoms with E-state index in [0.29, 0.717) is 12.0 Å². The van der Waals surface area contributed by atoms with Crippen LogP contribution >= 0.6 is 0 Å². The molecule has 0 radical (unpaired) electrons. The monoisotopic (exact) mass is 228 g/mol. The van der Waals surface area contributed by atoms with Crippen LogP contribution in [0.3, 0.4) is 0 Å². The number of H-pyrrole nitrogens is 1. The number of hydrogen-bond donors (Lipinski definition) is 2. The van der Waals surface area contributed by atoms with Crippen molar-refractivity contribution in [1.29, 1.82) is 0 Å². The van der Waals surface area contributed by atoms with Gasteiger partial charge in [-0.25, -0.2) is 4.98 Å². The second kappa shape index (κ2) is 3.96. The number of nitrogens with two attached hydrogens (primary N) is 1. The fraction of sp³-hybridized carbons (Fsp3) is 0.385. The smallest absolute Gasteiger partial charge is 0.110 e. The molecule has 17 heavy (non-hydrogen) atoms. The highest BCUT2D eigenvalue weighted by molar-refractivity contribution is 5.61. The Morgan fingerprint density at radius 3 is 2.65 bits per heavy atom. The van der Waals surface area contributed by atoms with Gasteiger partial charge in [-0.05, 0) is 31.9 Å². The predicted molar refractivity (Wildman–Crippen MR) is 66.5 cm³/mol. The maximum absolute atomic E-state index is 5.81. The van der Waals surface area contributed by atoms with Crippen LogP contribution in [0, 0.1) is 6.92 Å². The van der Waals surface area contributed by atoms with E-state index in [1.54, 1.807) is 12.4 Å². The predicted octanol–water partition coefficient (Wildman–Crippen LogP) is 1.98. The van der Waals surface area contributed by atoms with Crippen LogP contribution in [0.5, 0.6) is 0 Å². The molecule has 0 unspecified atom stereocenters. The van der Waals surface area contributed by atoms with E-state index in [9.17, 15) is 0 Å². The number of nitrogens with zero attached hydrogens (tertiary/aromatic N) is 2. The lowest BCUT2D eigenvalue weighted by Gasteiger charge is -2.30. The number of aromatic nitrogens is 3. The first-order chi connectivity index (χ1) is 8.24. The van der Waals surface area contributed by atoms with Gasteiger partial charge in [-0.2, -0.15) is 0 Å². The van der Waals surface area contributed by atoms with Gasteiger partial charge >= 0.3 is 0 Å². The Labute approximate surface area is 100 Å². The summed E-state index contributed by atoms with van der Waals surface area (Å²) in [6.07, 6.45) is 5.68. The summed E-state index contributed by atoms with van der Waals surface area (Å²) in [7, 11) is 0. The topological polar surface area (TPSA) is 67.6 Å². The molecule has 1 aliphatic carbocycles. The molecule has 2 heterocycles. The van der Waals surface area contributed by atoms with Crippen molar-refractivity contribution in [3.63, 3.8) is 0 Å². The first-order valence-electron chi connectivity index (χ1n) is 5.96. The molecule has 0 saturated heterocycles. The van der Waals surface area contributed by atoms with Gasteiger partial charge in [-0.15, -0.1) is 0 Å². The van der Waals surface area contributed by atoms with Crippen molar-refractivity contribution in [2.75, 3.05) is 0 Å². The van der Waals surface area contributed by atoms with Gasteiger partial charge in [0.1, 0.15) is 5.82 Å². The number of hydrogen-bond acceptors (Lipinski definition) is 3. The number of rotatable bonds is 2. The third-order valence-electron chi connectivity index (χ3n) is 3.42. The van der Waals surface area contributed by atoms with E-state index < -0.39 is 0 Å². The summed E-state index contributed by atoms with van der Waals surface area (Å²) in [4.78, 5) is 12.1. The standard InChI is InChI=1S/C13H16N4/c1-8-12(9-2-4-15-5-3-9)17-13(16-8)10-6-11(14)7-10/h2-5,10-11H,6-7,14H2,1H3,(H,16,17). The normalized spacial score (nSPS) is 23.4. The molecule has 0 aromatic carbocycles. The first kappa shape index (κ1) is 10.5. The molecule has 1 aliphatic rings.